The lowest BCUT2D eigenvalue weighted by Gasteiger charge is -2.14. The van der Waals surface area contributed by atoms with Crippen LogP contribution >= 0.6 is 0 Å². The molecule has 0 atom stereocenters. The third-order valence-corrected chi connectivity index (χ3v) is 2.79. The van der Waals surface area contributed by atoms with E-state index in [4.69, 9.17) is 10.2 Å². The SMILES string of the molecule is CN(CCN)CCn1c(=O)oc2ccccc21. The first-order valence-electron chi connectivity index (χ1n) is 5.69. The number of oxazole rings is 1. The van der Waals surface area contributed by atoms with Crippen LogP contribution in [0.3, 0.4) is 0 Å². The van der Waals surface area contributed by atoms with E-state index in [2.05, 4.69) is 4.90 Å². The second kappa shape index (κ2) is 5.16. The number of likely N-dealkylation sites (N-methyl/N-ethyl adjacent to an activating group) is 1. The molecule has 2 N–H and O–H groups in total. The number of nitrogens with two attached hydrogens (primary N) is 1. The first-order chi connectivity index (χ1) is 8.22. The van der Waals surface area contributed by atoms with E-state index in [1.54, 1.807) is 10.6 Å². The van der Waals surface area contributed by atoms with Gasteiger partial charge < -0.3 is 15.1 Å². The van der Waals surface area contributed by atoms with E-state index in [0.717, 1.165) is 18.6 Å². The number of rotatable bonds is 5. The van der Waals surface area contributed by atoms with Gasteiger partial charge in [-0.05, 0) is 19.2 Å². The predicted octanol–water partition coefficient (Wildman–Crippen LogP) is 0.485. The maximum absolute atomic E-state index is 11.7. The molecule has 0 aliphatic rings. The number of hydrogen-bond acceptors (Lipinski definition) is 4. The van der Waals surface area contributed by atoms with Gasteiger partial charge in [0, 0.05) is 26.2 Å². The van der Waals surface area contributed by atoms with E-state index >= 15 is 0 Å². The van der Waals surface area contributed by atoms with Crippen LogP contribution in [0.2, 0.25) is 0 Å². The molecule has 92 valence electrons. The Kier molecular flexibility index (Phi) is 3.61. The maximum Gasteiger partial charge on any atom is 0.419 e. The Hall–Kier alpha value is -1.59. The Balaban J connectivity index is 2.18. The van der Waals surface area contributed by atoms with Gasteiger partial charge in [-0.3, -0.25) is 4.57 Å². The Labute approximate surface area is 99.4 Å². The quantitative estimate of drug-likeness (QED) is 0.819. The van der Waals surface area contributed by atoms with Gasteiger partial charge in [0.2, 0.25) is 0 Å². The van der Waals surface area contributed by atoms with Crippen LogP contribution in [0.1, 0.15) is 0 Å². The van der Waals surface area contributed by atoms with Crippen molar-refractivity contribution in [1.82, 2.24) is 9.47 Å². The lowest BCUT2D eigenvalue weighted by Crippen LogP contribution is -2.30. The largest absolute Gasteiger partial charge is 0.419 e. The lowest BCUT2D eigenvalue weighted by atomic mass is 10.3. The fourth-order valence-electron chi connectivity index (χ4n) is 1.83. The number of hydrogen-bond donors (Lipinski definition) is 1. The van der Waals surface area contributed by atoms with E-state index in [1.807, 2.05) is 25.2 Å². The van der Waals surface area contributed by atoms with Crippen molar-refractivity contribution >= 4 is 11.1 Å². The molecule has 1 aromatic heterocycles. The summed E-state index contributed by atoms with van der Waals surface area (Å²) in [5.74, 6) is -0.299. The van der Waals surface area contributed by atoms with Crippen LogP contribution in [0.15, 0.2) is 33.5 Å². The fourth-order valence-corrected chi connectivity index (χ4v) is 1.83. The van der Waals surface area contributed by atoms with Gasteiger partial charge in [0.05, 0.1) is 5.52 Å². The van der Waals surface area contributed by atoms with Crippen LogP contribution in [0.5, 0.6) is 0 Å². The molecule has 1 heterocycles. The third-order valence-electron chi connectivity index (χ3n) is 2.79. The summed E-state index contributed by atoms with van der Waals surface area (Å²) in [7, 11) is 1.99. The molecule has 0 unspecified atom stereocenters. The molecule has 5 heteroatoms. The molecule has 0 aliphatic carbocycles. The predicted molar refractivity (Wildman–Crippen MR) is 67.0 cm³/mol. The van der Waals surface area contributed by atoms with Gasteiger partial charge in [-0.15, -0.1) is 0 Å². The first-order valence-corrected chi connectivity index (χ1v) is 5.69. The van der Waals surface area contributed by atoms with E-state index < -0.39 is 0 Å². The summed E-state index contributed by atoms with van der Waals surface area (Å²) in [6.07, 6.45) is 0. The molecule has 0 aliphatic heterocycles. The molecule has 2 rings (SSSR count). The normalized spacial score (nSPS) is 11.5. The molecule has 5 nitrogen and oxygen atoms in total. The highest BCUT2D eigenvalue weighted by Gasteiger charge is 2.08. The Morgan fingerprint density at radius 3 is 2.88 bits per heavy atom. The Morgan fingerprint density at radius 1 is 1.35 bits per heavy atom. The summed E-state index contributed by atoms with van der Waals surface area (Å²) < 4.78 is 6.81. The lowest BCUT2D eigenvalue weighted by molar-refractivity contribution is 0.322. The molecule has 0 saturated heterocycles. The zero-order chi connectivity index (χ0) is 12.3. The van der Waals surface area contributed by atoms with Gasteiger partial charge in [0.15, 0.2) is 5.58 Å². The van der Waals surface area contributed by atoms with E-state index in [9.17, 15) is 4.79 Å². The second-order valence-electron chi connectivity index (χ2n) is 4.08. The van der Waals surface area contributed by atoms with Crippen molar-refractivity contribution in [3.63, 3.8) is 0 Å². The van der Waals surface area contributed by atoms with Crippen LogP contribution in [0.25, 0.3) is 11.1 Å². The molecule has 0 spiro atoms. The highest BCUT2D eigenvalue weighted by atomic mass is 16.4. The van der Waals surface area contributed by atoms with E-state index in [0.29, 0.717) is 18.7 Å². The van der Waals surface area contributed by atoms with Gasteiger partial charge in [-0.2, -0.15) is 0 Å². The average Bonchev–Trinajstić information content (AvgIpc) is 2.62. The second-order valence-corrected chi connectivity index (χ2v) is 4.08. The van der Waals surface area contributed by atoms with E-state index in [-0.39, 0.29) is 5.76 Å². The molecule has 0 saturated carbocycles. The van der Waals surface area contributed by atoms with Gasteiger partial charge in [-0.1, -0.05) is 12.1 Å². The summed E-state index contributed by atoms with van der Waals surface area (Å²) in [5, 5.41) is 0. The number of benzene rings is 1. The molecular formula is C12H17N3O2. The minimum Gasteiger partial charge on any atom is -0.408 e. The zero-order valence-electron chi connectivity index (χ0n) is 9.93. The van der Waals surface area contributed by atoms with Crippen molar-refractivity contribution in [2.24, 2.45) is 5.73 Å². The van der Waals surface area contributed by atoms with Crippen LogP contribution < -0.4 is 11.5 Å². The zero-order valence-corrected chi connectivity index (χ0v) is 9.93. The molecular weight excluding hydrogens is 218 g/mol. The van der Waals surface area contributed by atoms with Gasteiger partial charge in [-0.25, -0.2) is 4.79 Å². The monoisotopic (exact) mass is 235 g/mol. The van der Waals surface area contributed by atoms with Crippen molar-refractivity contribution < 1.29 is 4.42 Å². The fraction of sp³-hybridized carbons (Fsp3) is 0.417. The van der Waals surface area contributed by atoms with Crippen LogP contribution in [-0.2, 0) is 6.54 Å². The van der Waals surface area contributed by atoms with Crippen LogP contribution in [0, 0.1) is 0 Å². The van der Waals surface area contributed by atoms with Crippen molar-refractivity contribution in [3.8, 4) is 0 Å². The first kappa shape index (κ1) is 11.9. The molecule has 2 aromatic rings. The van der Waals surface area contributed by atoms with Crippen molar-refractivity contribution in [3.05, 3.63) is 34.8 Å². The summed E-state index contributed by atoms with van der Waals surface area (Å²) >= 11 is 0. The van der Waals surface area contributed by atoms with Gasteiger partial charge in [0.25, 0.3) is 0 Å². The molecule has 17 heavy (non-hydrogen) atoms. The summed E-state index contributed by atoms with van der Waals surface area (Å²) in [6, 6.07) is 7.45. The summed E-state index contributed by atoms with van der Waals surface area (Å²) in [6.45, 7) is 2.84. The Bertz CT molecular complexity index is 544. The van der Waals surface area contributed by atoms with Crippen LogP contribution in [-0.4, -0.2) is 36.1 Å². The van der Waals surface area contributed by atoms with Crippen molar-refractivity contribution in [2.75, 3.05) is 26.7 Å². The molecule has 0 bridgehead atoms. The highest BCUT2D eigenvalue weighted by Crippen LogP contribution is 2.11. The molecule has 0 amide bonds. The molecule has 0 radical (unpaired) electrons. The minimum absolute atomic E-state index is 0.299. The van der Waals surface area contributed by atoms with E-state index in [1.165, 1.54) is 0 Å². The summed E-state index contributed by atoms with van der Waals surface area (Å²) in [5.41, 5.74) is 6.95. The number of aromatic nitrogens is 1. The van der Waals surface area contributed by atoms with Gasteiger partial charge in [0.1, 0.15) is 0 Å². The summed E-state index contributed by atoms with van der Waals surface area (Å²) in [4.78, 5) is 13.8. The molecule has 1 aromatic carbocycles. The topological polar surface area (TPSA) is 64.4 Å². The van der Waals surface area contributed by atoms with Gasteiger partial charge >= 0.3 is 5.76 Å². The highest BCUT2D eigenvalue weighted by molar-refractivity contribution is 5.72. The standard InChI is InChI=1S/C12H17N3O2/c1-14(7-6-13)8-9-15-10-4-2-3-5-11(10)17-12(15)16/h2-5H,6-9,13H2,1H3. The average molecular weight is 235 g/mol. The maximum atomic E-state index is 11.7. The van der Waals surface area contributed by atoms with Crippen LogP contribution in [0.4, 0.5) is 0 Å². The number of fused-ring (bicyclic) bond motifs is 1. The minimum atomic E-state index is -0.299. The number of para-hydroxylation sites is 2. The van der Waals surface area contributed by atoms with Crippen molar-refractivity contribution in [1.29, 1.82) is 0 Å². The Morgan fingerprint density at radius 2 is 2.12 bits per heavy atom. The molecule has 0 fully saturated rings. The smallest absolute Gasteiger partial charge is 0.408 e. The third kappa shape index (κ3) is 2.57. The van der Waals surface area contributed by atoms with Crippen molar-refractivity contribution in [2.45, 2.75) is 6.54 Å². The number of nitrogens with zero attached hydrogens (tertiary/aromatic N) is 2.